The number of hydrogen-bond donors (Lipinski definition) is 1. The van der Waals surface area contributed by atoms with Crippen molar-refractivity contribution in [2.45, 2.75) is 26.4 Å². The first-order valence-electron chi connectivity index (χ1n) is 5.52. The Balaban J connectivity index is 3.03. The van der Waals surface area contributed by atoms with Crippen LogP contribution in [0.4, 0.5) is 11.5 Å². The summed E-state index contributed by atoms with van der Waals surface area (Å²) >= 11 is 0. The smallest absolute Gasteiger partial charge is 0.372 e. The van der Waals surface area contributed by atoms with E-state index in [4.69, 9.17) is 15.2 Å². The van der Waals surface area contributed by atoms with E-state index in [-0.39, 0.29) is 24.1 Å². The van der Waals surface area contributed by atoms with Gasteiger partial charge in [-0.15, -0.1) is 0 Å². The molecular formula is C10H16N4O4. The van der Waals surface area contributed by atoms with Crippen LogP contribution in [-0.2, 0) is 11.3 Å². The Kier molecular flexibility index (Phi) is 5.25. The molecule has 1 aromatic rings. The lowest BCUT2D eigenvalue weighted by Gasteiger charge is -2.08. The summed E-state index contributed by atoms with van der Waals surface area (Å²) < 4.78 is 10.1. The van der Waals surface area contributed by atoms with Crippen molar-refractivity contribution in [3.8, 4) is 5.88 Å². The van der Waals surface area contributed by atoms with E-state index in [1.54, 1.807) is 0 Å². The van der Waals surface area contributed by atoms with Gasteiger partial charge in [-0.2, -0.15) is 4.98 Å². The van der Waals surface area contributed by atoms with Crippen LogP contribution in [0.25, 0.3) is 0 Å². The van der Waals surface area contributed by atoms with Gasteiger partial charge in [-0.05, 0) is 6.42 Å². The number of anilines is 1. The van der Waals surface area contributed by atoms with Crippen molar-refractivity contribution < 1.29 is 14.4 Å². The Morgan fingerprint density at radius 3 is 2.72 bits per heavy atom. The molecular weight excluding hydrogens is 240 g/mol. The largest absolute Gasteiger partial charge is 0.473 e. The van der Waals surface area contributed by atoms with E-state index in [0.717, 1.165) is 12.8 Å². The van der Waals surface area contributed by atoms with E-state index in [9.17, 15) is 10.1 Å². The van der Waals surface area contributed by atoms with Gasteiger partial charge in [0.15, 0.2) is 5.82 Å². The molecule has 0 aliphatic heterocycles. The third-order valence-corrected chi connectivity index (χ3v) is 2.12. The predicted molar refractivity (Wildman–Crippen MR) is 64.2 cm³/mol. The minimum atomic E-state index is -0.646. The molecule has 0 atom stereocenters. The Labute approximate surface area is 104 Å². The second-order valence-corrected chi connectivity index (χ2v) is 3.57. The molecule has 0 saturated heterocycles. The van der Waals surface area contributed by atoms with Crippen molar-refractivity contribution in [2.24, 2.45) is 0 Å². The molecule has 18 heavy (non-hydrogen) atoms. The fourth-order valence-electron chi connectivity index (χ4n) is 1.28. The quantitative estimate of drug-likeness (QED) is 0.444. The number of unbranched alkanes of at least 4 members (excludes halogenated alkanes) is 1. The molecule has 1 aromatic heterocycles. The van der Waals surface area contributed by atoms with Crippen molar-refractivity contribution in [1.82, 2.24) is 9.97 Å². The van der Waals surface area contributed by atoms with Gasteiger partial charge < -0.3 is 15.2 Å². The lowest BCUT2D eigenvalue weighted by atomic mass is 10.3. The number of nitrogens with two attached hydrogens (primary N) is 1. The maximum atomic E-state index is 10.9. The van der Waals surface area contributed by atoms with Crippen LogP contribution in [0.1, 0.15) is 25.6 Å². The number of nitro groups is 1. The Bertz CT molecular complexity index is 425. The Morgan fingerprint density at radius 2 is 2.17 bits per heavy atom. The number of nitrogens with zero attached hydrogens (tertiary/aromatic N) is 3. The highest BCUT2D eigenvalue weighted by Crippen LogP contribution is 2.29. The van der Waals surface area contributed by atoms with Gasteiger partial charge in [-0.1, -0.05) is 13.3 Å². The van der Waals surface area contributed by atoms with Crippen molar-refractivity contribution in [1.29, 1.82) is 0 Å². The standard InChI is InChI=1S/C10H16N4O4/c1-3-4-5-18-10-8(14(15)16)9(11)12-7(13-10)6-17-2/h3-6H2,1-2H3,(H2,11,12,13). The third-order valence-electron chi connectivity index (χ3n) is 2.12. The summed E-state index contributed by atoms with van der Waals surface area (Å²) in [4.78, 5) is 18.0. The fraction of sp³-hybridized carbons (Fsp3) is 0.600. The fourth-order valence-corrected chi connectivity index (χ4v) is 1.28. The van der Waals surface area contributed by atoms with E-state index >= 15 is 0 Å². The molecule has 1 heterocycles. The molecule has 8 heteroatoms. The van der Waals surface area contributed by atoms with E-state index in [1.165, 1.54) is 7.11 Å². The highest BCUT2D eigenvalue weighted by atomic mass is 16.6. The van der Waals surface area contributed by atoms with Gasteiger partial charge in [-0.25, -0.2) is 4.98 Å². The number of aromatic nitrogens is 2. The molecule has 0 aliphatic rings. The van der Waals surface area contributed by atoms with Crippen molar-refractivity contribution in [2.75, 3.05) is 19.5 Å². The van der Waals surface area contributed by atoms with Crippen LogP contribution in [0, 0.1) is 10.1 Å². The molecule has 0 aliphatic carbocycles. The summed E-state index contributed by atoms with van der Waals surface area (Å²) in [5.41, 5.74) is 5.13. The van der Waals surface area contributed by atoms with Crippen molar-refractivity contribution >= 4 is 11.5 Å². The first-order valence-corrected chi connectivity index (χ1v) is 5.52. The van der Waals surface area contributed by atoms with E-state index < -0.39 is 10.6 Å². The molecule has 0 unspecified atom stereocenters. The average molecular weight is 256 g/mol. The second kappa shape index (κ2) is 6.70. The van der Waals surface area contributed by atoms with Crippen LogP contribution < -0.4 is 10.5 Å². The molecule has 0 bridgehead atoms. The normalized spacial score (nSPS) is 10.3. The van der Waals surface area contributed by atoms with E-state index in [2.05, 4.69) is 9.97 Å². The summed E-state index contributed by atoms with van der Waals surface area (Å²) in [6.07, 6.45) is 1.69. The monoisotopic (exact) mass is 256 g/mol. The zero-order valence-corrected chi connectivity index (χ0v) is 10.4. The maximum Gasteiger partial charge on any atom is 0.372 e. The number of rotatable bonds is 7. The average Bonchev–Trinajstić information content (AvgIpc) is 2.28. The van der Waals surface area contributed by atoms with Gasteiger partial charge in [0.05, 0.1) is 11.5 Å². The summed E-state index contributed by atoms with van der Waals surface area (Å²) in [5, 5.41) is 10.9. The van der Waals surface area contributed by atoms with Crippen LogP contribution in [0.2, 0.25) is 0 Å². The molecule has 2 N–H and O–H groups in total. The molecule has 0 radical (unpaired) electrons. The van der Waals surface area contributed by atoms with Crippen molar-refractivity contribution in [3.63, 3.8) is 0 Å². The van der Waals surface area contributed by atoms with E-state index in [0.29, 0.717) is 6.61 Å². The maximum absolute atomic E-state index is 10.9. The van der Waals surface area contributed by atoms with E-state index in [1.807, 2.05) is 6.92 Å². The van der Waals surface area contributed by atoms with Gasteiger partial charge in [-0.3, -0.25) is 10.1 Å². The van der Waals surface area contributed by atoms with Crippen LogP contribution in [0.15, 0.2) is 0 Å². The van der Waals surface area contributed by atoms with Gasteiger partial charge in [0.2, 0.25) is 5.82 Å². The molecule has 100 valence electrons. The first kappa shape index (κ1) is 14.1. The highest BCUT2D eigenvalue weighted by Gasteiger charge is 2.24. The molecule has 0 spiro atoms. The summed E-state index contributed by atoms with van der Waals surface area (Å²) in [7, 11) is 1.47. The third kappa shape index (κ3) is 3.52. The summed E-state index contributed by atoms with van der Waals surface area (Å²) in [6.45, 7) is 2.45. The number of nitrogen functional groups attached to an aromatic ring is 1. The van der Waals surface area contributed by atoms with Crippen molar-refractivity contribution in [3.05, 3.63) is 15.9 Å². The Hall–Kier alpha value is -1.96. The first-order chi connectivity index (χ1) is 8.60. The molecule has 1 rings (SSSR count). The minimum absolute atomic E-state index is 0.104. The van der Waals surface area contributed by atoms with Crippen LogP contribution in [0.3, 0.4) is 0 Å². The summed E-state index contributed by atoms with van der Waals surface area (Å²) in [5.74, 6) is -0.0614. The molecule has 0 fully saturated rings. The zero-order valence-electron chi connectivity index (χ0n) is 10.4. The lowest BCUT2D eigenvalue weighted by molar-refractivity contribution is -0.385. The van der Waals surface area contributed by atoms with Gasteiger partial charge >= 0.3 is 5.69 Å². The predicted octanol–water partition coefficient (Wildman–Crippen LogP) is 1.29. The minimum Gasteiger partial charge on any atom is -0.473 e. The highest BCUT2D eigenvalue weighted by molar-refractivity contribution is 5.58. The van der Waals surface area contributed by atoms with Gasteiger partial charge in [0.25, 0.3) is 5.88 Å². The second-order valence-electron chi connectivity index (χ2n) is 3.57. The summed E-state index contributed by atoms with van der Waals surface area (Å²) in [6, 6.07) is 0. The number of hydrogen-bond acceptors (Lipinski definition) is 7. The van der Waals surface area contributed by atoms with Crippen LogP contribution in [0.5, 0.6) is 5.88 Å². The molecule has 8 nitrogen and oxygen atoms in total. The van der Waals surface area contributed by atoms with Gasteiger partial charge in [0.1, 0.15) is 6.61 Å². The number of ether oxygens (including phenoxy) is 2. The molecule has 0 aromatic carbocycles. The molecule has 0 amide bonds. The topological polar surface area (TPSA) is 113 Å². The Morgan fingerprint density at radius 1 is 1.44 bits per heavy atom. The SMILES string of the molecule is CCCCOc1nc(COC)nc(N)c1[N+](=O)[O-]. The van der Waals surface area contributed by atoms with Crippen LogP contribution in [-0.4, -0.2) is 28.6 Å². The zero-order chi connectivity index (χ0) is 13.5. The lowest BCUT2D eigenvalue weighted by Crippen LogP contribution is -2.10. The molecule has 0 saturated carbocycles. The van der Waals surface area contributed by atoms with Gasteiger partial charge in [0, 0.05) is 7.11 Å². The number of methoxy groups -OCH3 is 1. The van der Waals surface area contributed by atoms with Crippen LogP contribution >= 0.6 is 0 Å².